The molecule has 18 heavy (non-hydrogen) atoms. The van der Waals surface area contributed by atoms with Gasteiger partial charge in [-0.1, -0.05) is 13.8 Å². The van der Waals surface area contributed by atoms with E-state index in [1.807, 2.05) is 0 Å². The zero-order valence-electron chi connectivity index (χ0n) is 11.5. The van der Waals surface area contributed by atoms with E-state index in [0.717, 1.165) is 25.9 Å². The minimum atomic E-state index is 0.247. The fraction of sp³-hybridized carbons (Fsp3) is 0.786. The minimum Gasteiger partial charge on any atom is -0.353 e. The van der Waals surface area contributed by atoms with E-state index >= 15 is 0 Å². The van der Waals surface area contributed by atoms with E-state index in [1.54, 1.807) is 0 Å². The molecule has 1 unspecified atom stereocenters. The highest BCUT2D eigenvalue weighted by molar-refractivity contribution is 5.52. The van der Waals surface area contributed by atoms with Crippen molar-refractivity contribution in [2.24, 2.45) is 5.73 Å². The highest BCUT2D eigenvalue weighted by atomic mass is 15.3. The van der Waals surface area contributed by atoms with Crippen molar-refractivity contribution in [3.05, 3.63) is 11.3 Å². The number of hydrogen-bond donors (Lipinski definition) is 2. The number of anilines is 1. The number of hydrogen-bond acceptors (Lipinski definition) is 3. The first-order valence-corrected chi connectivity index (χ1v) is 7.16. The first-order valence-electron chi connectivity index (χ1n) is 7.16. The van der Waals surface area contributed by atoms with Crippen LogP contribution in [-0.4, -0.2) is 29.3 Å². The summed E-state index contributed by atoms with van der Waals surface area (Å²) in [4.78, 5) is 2.38. The molecule has 0 amide bonds. The van der Waals surface area contributed by atoms with Gasteiger partial charge in [-0.25, -0.2) is 0 Å². The maximum Gasteiger partial charge on any atom is 0.153 e. The van der Waals surface area contributed by atoms with E-state index in [0.29, 0.717) is 6.04 Å². The van der Waals surface area contributed by atoms with Crippen LogP contribution in [0, 0.1) is 0 Å². The van der Waals surface area contributed by atoms with Crippen LogP contribution in [0.15, 0.2) is 0 Å². The predicted octanol–water partition coefficient (Wildman–Crippen LogP) is 1.95. The van der Waals surface area contributed by atoms with Gasteiger partial charge in [0.15, 0.2) is 5.82 Å². The van der Waals surface area contributed by atoms with Crippen molar-refractivity contribution in [1.29, 1.82) is 0 Å². The fourth-order valence-electron chi connectivity index (χ4n) is 3.45. The molecule has 3 rings (SSSR count). The van der Waals surface area contributed by atoms with Gasteiger partial charge < -0.3 is 10.6 Å². The number of H-pyrrole nitrogens is 1. The molecule has 0 aromatic carbocycles. The third-order valence-corrected chi connectivity index (χ3v) is 4.51. The Labute approximate surface area is 109 Å². The Morgan fingerprint density at radius 2 is 2.22 bits per heavy atom. The highest BCUT2D eigenvalue weighted by Crippen LogP contribution is 2.39. The Kier molecular flexibility index (Phi) is 2.85. The number of piperidine rings is 1. The number of aromatic nitrogens is 2. The van der Waals surface area contributed by atoms with Gasteiger partial charge in [-0.15, -0.1) is 0 Å². The normalized spacial score (nSPS) is 27.1. The summed E-state index contributed by atoms with van der Waals surface area (Å²) in [6.45, 7) is 6.69. The molecule has 1 aromatic rings. The third kappa shape index (κ3) is 1.92. The smallest absolute Gasteiger partial charge is 0.153 e. The molecule has 0 spiro atoms. The Morgan fingerprint density at radius 1 is 1.39 bits per heavy atom. The quantitative estimate of drug-likeness (QED) is 0.798. The lowest BCUT2D eigenvalue weighted by atomic mass is 9.76. The van der Waals surface area contributed by atoms with Gasteiger partial charge in [-0.3, -0.25) is 5.10 Å². The Morgan fingerprint density at radius 3 is 3.00 bits per heavy atom. The molecule has 0 bridgehead atoms. The van der Waals surface area contributed by atoms with E-state index in [-0.39, 0.29) is 5.41 Å². The summed E-state index contributed by atoms with van der Waals surface area (Å²) in [5, 5.41) is 7.89. The van der Waals surface area contributed by atoms with Gasteiger partial charge in [-0.05, 0) is 32.1 Å². The topological polar surface area (TPSA) is 57.9 Å². The number of rotatable bonds is 1. The van der Waals surface area contributed by atoms with Gasteiger partial charge in [0.25, 0.3) is 0 Å². The lowest BCUT2D eigenvalue weighted by molar-refractivity contribution is 0.420. The molecule has 1 aromatic heterocycles. The summed E-state index contributed by atoms with van der Waals surface area (Å²) in [5.41, 5.74) is 9.12. The average Bonchev–Trinajstić information content (AvgIpc) is 2.74. The van der Waals surface area contributed by atoms with Gasteiger partial charge in [0.1, 0.15) is 0 Å². The molecule has 2 aliphatic rings. The maximum absolute atomic E-state index is 6.08. The molecule has 1 saturated heterocycles. The third-order valence-electron chi connectivity index (χ3n) is 4.51. The van der Waals surface area contributed by atoms with Crippen molar-refractivity contribution < 1.29 is 0 Å². The van der Waals surface area contributed by atoms with Gasteiger partial charge in [0.05, 0.1) is 0 Å². The number of nitrogens with zero attached hydrogens (tertiary/aromatic N) is 2. The second kappa shape index (κ2) is 4.26. The fourth-order valence-corrected chi connectivity index (χ4v) is 3.45. The lowest BCUT2D eigenvalue weighted by Gasteiger charge is -2.33. The molecule has 100 valence electrons. The van der Waals surface area contributed by atoms with E-state index in [2.05, 4.69) is 28.9 Å². The molecular formula is C14H24N4. The van der Waals surface area contributed by atoms with Crippen LogP contribution < -0.4 is 10.6 Å². The van der Waals surface area contributed by atoms with Gasteiger partial charge in [-0.2, -0.15) is 5.10 Å². The molecule has 1 aliphatic carbocycles. The van der Waals surface area contributed by atoms with Crippen LogP contribution in [0.1, 0.15) is 50.8 Å². The van der Waals surface area contributed by atoms with Crippen molar-refractivity contribution in [2.45, 2.75) is 57.4 Å². The molecule has 0 saturated carbocycles. The van der Waals surface area contributed by atoms with E-state index in [9.17, 15) is 0 Å². The molecule has 0 radical (unpaired) electrons. The van der Waals surface area contributed by atoms with E-state index < -0.39 is 0 Å². The molecule has 1 fully saturated rings. The number of nitrogens with one attached hydrogen (secondary N) is 1. The zero-order valence-corrected chi connectivity index (χ0v) is 11.5. The van der Waals surface area contributed by atoms with Crippen molar-refractivity contribution in [2.75, 3.05) is 18.0 Å². The number of aromatic amines is 1. The summed E-state index contributed by atoms with van der Waals surface area (Å²) in [7, 11) is 0. The average molecular weight is 248 g/mol. The Balaban J connectivity index is 1.92. The molecule has 1 aliphatic heterocycles. The van der Waals surface area contributed by atoms with Gasteiger partial charge in [0, 0.05) is 35.8 Å². The predicted molar refractivity (Wildman–Crippen MR) is 74.0 cm³/mol. The Hall–Kier alpha value is -1.03. The van der Waals surface area contributed by atoms with Crippen molar-refractivity contribution in [1.82, 2.24) is 10.2 Å². The van der Waals surface area contributed by atoms with Crippen LogP contribution in [0.5, 0.6) is 0 Å². The van der Waals surface area contributed by atoms with Gasteiger partial charge in [0.2, 0.25) is 0 Å². The van der Waals surface area contributed by atoms with Gasteiger partial charge >= 0.3 is 0 Å². The number of fused-ring (bicyclic) bond motifs is 1. The zero-order chi connectivity index (χ0) is 12.8. The molecular weight excluding hydrogens is 224 g/mol. The molecule has 1 atom stereocenters. The first-order chi connectivity index (χ1) is 8.58. The monoisotopic (exact) mass is 248 g/mol. The molecule has 4 nitrogen and oxygen atoms in total. The molecule has 3 N–H and O–H groups in total. The SMILES string of the molecule is CC1(C)CCCc2c(N3CCCC(N)C3)n[nH]c21. The summed E-state index contributed by atoms with van der Waals surface area (Å²) in [6, 6.07) is 0.308. The maximum atomic E-state index is 6.08. The highest BCUT2D eigenvalue weighted by Gasteiger charge is 2.33. The molecule has 4 heteroatoms. The van der Waals surface area contributed by atoms with Crippen LogP contribution in [0.4, 0.5) is 5.82 Å². The number of nitrogens with two attached hydrogens (primary N) is 1. The second-order valence-corrected chi connectivity index (χ2v) is 6.49. The molecule has 2 heterocycles. The van der Waals surface area contributed by atoms with E-state index in [4.69, 9.17) is 5.73 Å². The summed E-state index contributed by atoms with van der Waals surface area (Å²) < 4.78 is 0. The summed E-state index contributed by atoms with van der Waals surface area (Å²) >= 11 is 0. The standard InChI is InChI=1S/C14H24N4/c1-14(2)7-3-6-11-12(14)16-17-13(11)18-8-4-5-10(15)9-18/h10H,3-9,15H2,1-2H3,(H,16,17). The van der Waals surface area contributed by atoms with Crippen LogP contribution in [-0.2, 0) is 11.8 Å². The van der Waals surface area contributed by atoms with Crippen LogP contribution in [0.25, 0.3) is 0 Å². The van der Waals surface area contributed by atoms with E-state index in [1.165, 1.54) is 36.3 Å². The first kappa shape index (κ1) is 12.0. The van der Waals surface area contributed by atoms with Crippen LogP contribution in [0.2, 0.25) is 0 Å². The van der Waals surface area contributed by atoms with Crippen molar-refractivity contribution >= 4 is 5.82 Å². The van der Waals surface area contributed by atoms with Crippen LogP contribution >= 0.6 is 0 Å². The summed E-state index contributed by atoms with van der Waals surface area (Å²) in [5.74, 6) is 1.17. The van der Waals surface area contributed by atoms with Crippen molar-refractivity contribution in [3.63, 3.8) is 0 Å². The summed E-state index contributed by atoms with van der Waals surface area (Å²) in [6.07, 6.45) is 6.02. The van der Waals surface area contributed by atoms with Crippen LogP contribution in [0.3, 0.4) is 0 Å². The second-order valence-electron chi connectivity index (χ2n) is 6.49. The minimum absolute atomic E-state index is 0.247. The lowest BCUT2D eigenvalue weighted by Crippen LogP contribution is -2.43. The largest absolute Gasteiger partial charge is 0.353 e. The Bertz CT molecular complexity index is 435. The van der Waals surface area contributed by atoms with Crippen molar-refractivity contribution in [3.8, 4) is 0 Å².